The fraction of sp³-hybridized carbons (Fsp3) is 0.529. The predicted octanol–water partition coefficient (Wildman–Crippen LogP) is 4.48. The van der Waals surface area contributed by atoms with E-state index in [1.54, 1.807) is 11.8 Å². The molecular formula is C17H23BrN2O2S. The summed E-state index contributed by atoms with van der Waals surface area (Å²) in [5.74, 6) is 0.802. The van der Waals surface area contributed by atoms with Crippen LogP contribution in [0.2, 0.25) is 0 Å². The number of hydrogen-bond donors (Lipinski definition) is 0. The fourth-order valence-corrected chi connectivity index (χ4v) is 3.57. The lowest BCUT2D eigenvalue weighted by atomic mass is 10.2. The molecule has 0 N–H and O–H groups in total. The molecule has 0 spiro atoms. The maximum absolute atomic E-state index is 12.8. The molecule has 2 rings (SSSR count). The summed E-state index contributed by atoms with van der Waals surface area (Å²) in [4.78, 5) is 17.5. The van der Waals surface area contributed by atoms with Gasteiger partial charge in [-0.05, 0) is 31.5 Å². The van der Waals surface area contributed by atoms with Gasteiger partial charge in [-0.25, -0.2) is 4.98 Å². The highest BCUT2D eigenvalue weighted by molar-refractivity contribution is 9.10. The third-order valence-corrected chi connectivity index (χ3v) is 4.96. The van der Waals surface area contributed by atoms with Crippen LogP contribution in [-0.4, -0.2) is 28.5 Å². The lowest BCUT2D eigenvalue weighted by Gasteiger charge is -2.13. The number of benzene rings is 1. The summed E-state index contributed by atoms with van der Waals surface area (Å²) >= 11 is 5.03. The summed E-state index contributed by atoms with van der Waals surface area (Å²) in [6.07, 6.45) is 3.25. The Morgan fingerprint density at radius 3 is 2.87 bits per heavy atom. The number of aromatic nitrogens is 2. The van der Waals surface area contributed by atoms with Crippen molar-refractivity contribution >= 4 is 38.6 Å². The lowest BCUT2D eigenvalue weighted by Crippen LogP contribution is -2.23. The van der Waals surface area contributed by atoms with E-state index in [9.17, 15) is 4.79 Å². The first-order valence-corrected chi connectivity index (χ1v) is 9.85. The van der Waals surface area contributed by atoms with Crippen LogP contribution in [0.25, 0.3) is 10.9 Å². The minimum Gasteiger partial charge on any atom is -0.381 e. The van der Waals surface area contributed by atoms with E-state index in [1.165, 1.54) is 0 Å². The second kappa shape index (κ2) is 9.45. The monoisotopic (exact) mass is 398 g/mol. The normalized spacial score (nSPS) is 11.3. The first-order valence-electron chi connectivity index (χ1n) is 8.08. The Balaban J connectivity index is 2.34. The van der Waals surface area contributed by atoms with E-state index in [4.69, 9.17) is 9.72 Å². The van der Waals surface area contributed by atoms with Gasteiger partial charge in [-0.2, -0.15) is 0 Å². The van der Waals surface area contributed by atoms with E-state index in [0.29, 0.717) is 18.6 Å². The smallest absolute Gasteiger partial charge is 0.262 e. The van der Waals surface area contributed by atoms with Gasteiger partial charge in [0.15, 0.2) is 5.16 Å². The van der Waals surface area contributed by atoms with Crippen molar-refractivity contribution in [2.75, 3.05) is 19.0 Å². The van der Waals surface area contributed by atoms with Crippen LogP contribution in [0.4, 0.5) is 0 Å². The number of rotatable bonds is 9. The second-order valence-electron chi connectivity index (χ2n) is 5.27. The zero-order chi connectivity index (χ0) is 16.7. The van der Waals surface area contributed by atoms with Crippen molar-refractivity contribution < 1.29 is 4.74 Å². The molecule has 23 heavy (non-hydrogen) atoms. The van der Waals surface area contributed by atoms with Crippen LogP contribution >= 0.6 is 27.7 Å². The molecule has 126 valence electrons. The summed E-state index contributed by atoms with van der Waals surface area (Å²) in [5, 5.41) is 1.46. The molecule has 2 aromatic rings. The molecule has 0 atom stereocenters. The minimum atomic E-state index is 0.0475. The molecule has 0 radical (unpaired) electrons. The molecule has 1 aromatic carbocycles. The summed E-state index contributed by atoms with van der Waals surface area (Å²) in [5.41, 5.74) is 0.801. The zero-order valence-electron chi connectivity index (χ0n) is 13.7. The van der Waals surface area contributed by atoms with Crippen molar-refractivity contribution in [2.45, 2.75) is 44.8 Å². The second-order valence-corrected chi connectivity index (χ2v) is 7.24. The van der Waals surface area contributed by atoms with E-state index in [-0.39, 0.29) is 5.56 Å². The first kappa shape index (κ1) is 18.5. The van der Waals surface area contributed by atoms with Gasteiger partial charge >= 0.3 is 0 Å². The van der Waals surface area contributed by atoms with Gasteiger partial charge in [-0.1, -0.05) is 47.5 Å². The molecule has 0 aliphatic carbocycles. The highest BCUT2D eigenvalue weighted by Crippen LogP contribution is 2.21. The largest absolute Gasteiger partial charge is 0.381 e. The summed E-state index contributed by atoms with van der Waals surface area (Å²) in [6, 6.07) is 5.67. The maximum Gasteiger partial charge on any atom is 0.262 e. The van der Waals surface area contributed by atoms with Gasteiger partial charge < -0.3 is 4.74 Å². The van der Waals surface area contributed by atoms with Crippen molar-refractivity contribution in [2.24, 2.45) is 0 Å². The van der Waals surface area contributed by atoms with E-state index in [0.717, 1.165) is 46.7 Å². The van der Waals surface area contributed by atoms with E-state index in [1.807, 2.05) is 29.7 Å². The fourth-order valence-electron chi connectivity index (χ4n) is 2.34. The Labute approximate surface area is 149 Å². The molecule has 0 aliphatic heterocycles. The average molecular weight is 399 g/mol. The number of halogens is 1. The number of fused-ring (bicyclic) bond motifs is 1. The van der Waals surface area contributed by atoms with Crippen LogP contribution in [0.5, 0.6) is 0 Å². The van der Waals surface area contributed by atoms with Crippen molar-refractivity contribution in [1.82, 2.24) is 9.55 Å². The van der Waals surface area contributed by atoms with E-state index in [2.05, 4.69) is 22.9 Å². The van der Waals surface area contributed by atoms with Crippen LogP contribution in [0, 0.1) is 0 Å². The summed E-state index contributed by atoms with van der Waals surface area (Å²) < 4.78 is 8.11. The minimum absolute atomic E-state index is 0.0475. The number of ether oxygens (including phenoxy) is 1. The molecular weight excluding hydrogens is 376 g/mol. The third kappa shape index (κ3) is 5.06. The summed E-state index contributed by atoms with van der Waals surface area (Å²) in [7, 11) is 0. The third-order valence-electron chi connectivity index (χ3n) is 3.53. The van der Waals surface area contributed by atoms with Gasteiger partial charge in [0.05, 0.1) is 17.5 Å². The molecule has 0 saturated heterocycles. The van der Waals surface area contributed by atoms with Crippen molar-refractivity contribution in [3.63, 3.8) is 0 Å². The Morgan fingerprint density at radius 1 is 1.30 bits per heavy atom. The summed E-state index contributed by atoms with van der Waals surface area (Å²) in [6.45, 7) is 6.25. The highest BCUT2D eigenvalue weighted by atomic mass is 79.9. The molecule has 6 heteroatoms. The van der Waals surface area contributed by atoms with Gasteiger partial charge in [0.1, 0.15) is 0 Å². The molecule has 1 heterocycles. The Kier molecular flexibility index (Phi) is 7.59. The van der Waals surface area contributed by atoms with Crippen LogP contribution in [0.3, 0.4) is 0 Å². The van der Waals surface area contributed by atoms with E-state index < -0.39 is 0 Å². The van der Waals surface area contributed by atoms with Gasteiger partial charge in [0, 0.05) is 23.4 Å². The standard InChI is InChI=1S/C17H23BrN2O2S/c1-3-5-6-9-20-16(21)14-12-13(18)7-8-15(14)19-17(20)23-11-10-22-4-2/h7-8,12H,3-6,9-11H2,1-2H3. The van der Waals surface area contributed by atoms with Crippen LogP contribution in [0.1, 0.15) is 33.1 Å². The molecule has 0 bridgehead atoms. The Bertz CT molecular complexity index is 703. The van der Waals surface area contributed by atoms with Crippen molar-refractivity contribution in [3.05, 3.63) is 33.0 Å². The number of unbranched alkanes of at least 4 members (excludes halogenated alkanes) is 2. The zero-order valence-corrected chi connectivity index (χ0v) is 16.1. The van der Waals surface area contributed by atoms with Crippen LogP contribution < -0.4 is 5.56 Å². The van der Waals surface area contributed by atoms with Crippen molar-refractivity contribution in [3.8, 4) is 0 Å². The lowest BCUT2D eigenvalue weighted by molar-refractivity contribution is 0.164. The predicted molar refractivity (Wildman–Crippen MR) is 100 cm³/mol. The topological polar surface area (TPSA) is 44.1 Å². The quantitative estimate of drug-likeness (QED) is 0.354. The van der Waals surface area contributed by atoms with Gasteiger partial charge in [0.25, 0.3) is 5.56 Å². The van der Waals surface area contributed by atoms with Crippen LogP contribution in [-0.2, 0) is 11.3 Å². The Morgan fingerprint density at radius 2 is 2.13 bits per heavy atom. The molecule has 0 fully saturated rings. The van der Waals surface area contributed by atoms with Gasteiger partial charge in [-0.3, -0.25) is 9.36 Å². The van der Waals surface area contributed by atoms with Crippen molar-refractivity contribution in [1.29, 1.82) is 0 Å². The molecule has 1 aromatic heterocycles. The van der Waals surface area contributed by atoms with Crippen LogP contribution in [0.15, 0.2) is 32.6 Å². The number of thioether (sulfide) groups is 1. The number of nitrogens with zero attached hydrogens (tertiary/aromatic N) is 2. The molecule has 0 saturated carbocycles. The molecule has 0 amide bonds. The SMILES string of the molecule is CCCCCn1c(SCCOCC)nc2ccc(Br)cc2c1=O. The van der Waals surface area contributed by atoms with E-state index >= 15 is 0 Å². The van der Waals surface area contributed by atoms with Gasteiger partial charge in [-0.15, -0.1) is 0 Å². The molecule has 4 nitrogen and oxygen atoms in total. The average Bonchev–Trinajstić information content (AvgIpc) is 2.55. The number of hydrogen-bond acceptors (Lipinski definition) is 4. The molecule has 0 unspecified atom stereocenters. The first-order chi connectivity index (χ1) is 11.2. The maximum atomic E-state index is 12.8. The Hall–Kier alpha value is -0.850. The highest BCUT2D eigenvalue weighted by Gasteiger charge is 2.11. The van der Waals surface area contributed by atoms with Gasteiger partial charge in [0.2, 0.25) is 0 Å². The molecule has 0 aliphatic rings.